The fourth-order valence-electron chi connectivity index (χ4n) is 0.860. The minimum atomic E-state index is 0.477. The lowest BCUT2D eigenvalue weighted by Crippen LogP contribution is -2.17. The first-order valence-electron chi connectivity index (χ1n) is 3.51. The Morgan fingerprint density at radius 3 is 3.00 bits per heavy atom. The highest BCUT2D eigenvalue weighted by Gasteiger charge is 2.03. The molecule has 0 N–H and O–H groups in total. The molecule has 0 aliphatic carbocycles. The Balaban J connectivity index is 2.53. The van der Waals surface area contributed by atoms with Crippen LogP contribution in [-0.2, 0) is 6.54 Å². The van der Waals surface area contributed by atoms with Crippen molar-refractivity contribution in [3.63, 3.8) is 0 Å². The van der Waals surface area contributed by atoms with Gasteiger partial charge in [-0.1, -0.05) is 0 Å². The van der Waals surface area contributed by atoms with Crippen molar-refractivity contribution in [2.75, 3.05) is 13.6 Å². The van der Waals surface area contributed by atoms with Gasteiger partial charge in [0.1, 0.15) is 0 Å². The molecule has 12 heavy (non-hydrogen) atoms. The minimum Gasteiger partial charge on any atom is -0.288 e. The molecule has 0 aliphatic heterocycles. The van der Waals surface area contributed by atoms with Crippen LogP contribution in [0.4, 0.5) is 0 Å². The molecule has 0 saturated carbocycles. The van der Waals surface area contributed by atoms with Crippen LogP contribution in [0.3, 0.4) is 0 Å². The maximum absolute atomic E-state index is 8.43. The molecule has 2 nitrogen and oxygen atoms in total. The van der Waals surface area contributed by atoms with Gasteiger partial charge in [0.2, 0.25) is 0 Å². The molecule has 0 amide bonds. The van der Waals surface area contributed by atoms with Gasteiger partial charge in [0, 0.05) is 15.9 Å². The zero-order valence-electron chi connectivity index (χ0n) is 6.75. The van der Waals surface area contributed by atoms with E-state index in [4.69, 9.17) is 5.26 Å². The topological polar surface area (TPSA) is 27.0 Å². The van der Waals surface area contributed by atoms with Crippen molar-refractivity contribution in [3.05, 3.63) is 20.8 Å². The zero-order chi connectivity index (χ0) is 8.97. The van der Waals surface area contributed by atoms with Gasteiger partial charge in [-0.2, -0.15) is 5.26 Å². The first kappa shape index (κ1) is 9.72. The van der Waals surface area contributed by atoms with E-state index in [1.54, 1.807) is 11.3 Å². The van der Waals surface area contributed by atoms with Crippen molar-refractivity contribution in [3.8, 4) is 6.07 Å². The molecule has 0 fully saturated rings. The van der Waals surface area contributed by atoms with Gasteiger partial charge in [-0.05, 0) is 34.4 Å². The molecular weight excluding hydrogens is 236 g/mol. The Morgan fingerprint density at radius 2 is 2.50 bits per heavy atom. The second-order valence-corrected chi connectivity index (χ2v) is 4.38. The van der Waals surface area contributed by atoms with Gasteiger partial charge in [0.25, 0.3) is 0 Å². The average molecular weight is 245 g/mol. The third-order valence-electron chi connectivity index (χ3n) is 1.45. The summed E-state index contributed by atoms with van der Waals surface area (Å²) in [5.74, 6) is 0. The highest BCUT2D eigenvalue weighted by atomic mass is 79.9. The molecule has 1 rings (SSSR count). The predicted molar refractivity (Wildman–Crippen MR) is 54.0 cm³/mol. The summed E-state index contributed by atoms with van der Waals surface area (Å²) in [6, 6.07) is 4.14. The van der Waals surface area contributed by atoms with E-state index in [1.807, 2.05) is 23.4 Å². The number of hydrogen-bond donors (Lipinski definition) is 0. The fraction of sp³-hybridized carbons (Fsp3) is 0.375. The third kappa shape index (κ3) is 2.59. The van der Waals surface area contributed by atoms with Crippen molar-refractivity contribution in [2.45, 2.75) is 6.54 Å². The average Bonchev–Trinajstić information content (AvgIpc) is 2.37. The van der Waals surface area contributed by atoms with Crippen LogP contribution in [0.15, 0.2) is 15.9 Å². The number of nitrogens with zero attached hydrogens (tertiary/aromatic N) is 2. The standard InChI is InChI=1S/C8H9BrN2S/c1-11(4-3-10)6-8-7(9)2-5-12-8/h2,5H,4,6H2,1H3. The number of halogens is 1. The summed E-state index contributed by atoms with van der Waals surface area (Å²) < 4.78 is 1.14. The molecule has 1 heterocycles. The first-order chi connectivity index (χ1) is 5.74. The minimum absolute atomic E-state index is 0.477. The van der Waals surface area contributed by atoms with Crippen molar-refractivity contribution in [1.82, 2.24) is 4.90 Å². The maximum Gasteiger partial charge on any atom is 0.0866 e. The Hall–Kier alpha value is -0.370. The van der Waals surface area contributed by atoms with E-state index in [2.05, 4.69) is 22.0 Å². The highest BCUT2D eigenvalue weighted by molar-refractivity contribution is 9.10. The molecule has 0 bridgehead atoms. The quantitative estimate of drug-likeness (QED) is 0.765. The van der Waals surface area contributed by atoms with Gasteiger partial charge < -0.3 is 0 Å². The number of rotatable bonds is 3. The Kier molecular flexibility index (Phi) is 3.73. The van der Waals surface area contributed by atoms with Gasteiger partial charge in [-0.25, -0.2) is 0 Å². The van der Waals surface area contributed by atoms with Crippen molar-refractivity contribution in [2.24, 2.45) is 0 Å². The van der Waals surface area contributed by atoms with E-state index in [-0.39, 0.29) is 0 Å². The van der Waals surface area contributed by atoms with E-state index in [0.717, 1.165) is 11.0 Å². The summed E-state index contributed by atoms with van der Waals surface area (Å²) >= 11 is 5.15. The van der Waals surface area contributed by atoms with Crippen molar-refractivity contribution in [1.29, 1.82) is 5.26 Å². The molecule has 64 valence electrons. The Labute approximate surface area is 84.6 Å². The normalized spacial score (nSPS) is 10.2. The van der Waals surface area contributed by atoms with E-state index in [9.17, 15) is 0 Å². The molecule has 0 unspecified atom stereocenters. The highest BCUT2D eigenvalue weighted by Crippen LogP contribution is 2.23. The molecule has 1 aromatic rings. The lowest BCUT2D eigenvalue weighted by Gasteiger charge is -2.10. The van der Waals surface area contributed by atoms with Crippen molar-refractivity contribution >= 4 is 27.3 Å². The Bertz CT molecular complexity index is 289. The van der Waals surface area contributed by atoms with E-state index < -0.39 is 0 Å². The smallest absolute Gasteiger partial charge is 0.0866 e. The second-order valence-electron chi connectivity index (χ2n) is 2.52. The van der Waals surface area contributed by atoms with Crippen LogP contribution in [0.25, 0.3) is 0 Å². The Morgan fingerprint density at radius 1 is 1.75 bits per heavy atom. The molecule has 4 heteroatoms. The molecule has 0 radical (unpaired) electrons. The second kappa shape index (κ2) is 4.61. The van der Waals surface area contributed by atoms with Gasteiger partial charge in [0.05, 0.1) is 12.6 Å². The van der Waals surface area contributed by atoms with Crippen LogP contribution >= 0.6 is 27.3 Å². The SMILES string of the molecule is CN(CC#N)Cc1sccc1Br. The predicted octanol–water partition coefficient (Wildman–Crippen LogP) is 2.47. The molecule has 1 aromatic heterocycles. The molecule has 0 spiro atoms. The summed E-state index contributed by atoms with van der Waals surface area (Å²) in [6.45, 7) is 1.32. The monoisotopic (exact) mass is 244 g/mol. The summed E-state index contributed by atoms with van der Waals surface area (Å²) in [7, 11) is 1.94. The van der Waals surface area contributed by atoms with Crippen LogP contribution in [-0.4, -0.2) is 18.5 Å². The van der Waals surface area contributed by atoms with Gasteiger partial charge in [0.15, 0.2) is 0 Å². The molecule has 0 aliphatic rings. The van der Waals surface area contributed by atoms with Crippen LogP contribution in [0.1, 0.15) is 4.88 Å². The van der Waals surface area contributed by atoms with E-state index in [0.29, 0.717) is 6.54 Å². The largest absolute Gasteiger partial charge is 0.288 e. The summed E-state index contributed by atoms with van der Waals surface area (Å²) in [6.07, 6.45) is 0. The van der Waals surface area contributed by atoms with Gasteiger partial charge >= 0.3 is 0 Å². The van der Waals surface area contributed by atoms with Gasteiger partial charge in [-0.15, -0.1) is 11.3 Å². The van der Waals surface area contributed by atoms with Crippen LogP contribution < -0.4 is 0 Å². The molecule has 0 atom stereocenters. The van der Waals surface area contributed by atoms with Crippen LogP contribution in [0.2, 0.25) is 0 Å². The zero-order valence-corrected chi connectivity index (χ0v) is 9.15. The number of nitriles is 1. The fourth-order valence-corrected chi connectivity index (χ4v) is 2.42. The molecule has 0 aromatic carbocycles. The van der Waals surface area contributed by atoms with E-state index >= 15 is 0 Å². The first-order valence-corrected chi connectivity index (χ1v) is 5.18. The lowest BCUT2D eigenvalue weighted by atomic mass is 10.4. The summed E-state index contributed by atoms with van der Waals surface area (Å²) in [5.41, 5.74) is 0. The van der Waals surface area contributed by atoms with Crippen molar-refractivity contribution < 1.29 is 0 Å². The van der Waals surface area contributed by atoms with Gasteiger partial charge in [-0.3, -0.25) is 4.90 Å². The number of thiophene rings is 1. The maximum atomic E-state index is 8.43. The summed E-state index contributed by atoms with van der Waals surface area (Å²) in [5, 5.41) is 10.5. The number of hydrogen-bond acceptors (Lipinski definition) is 3. The van der Waals surface area contributed by atoms with E-state index in [1.165, 1.54) is 4.88 Å². The summed E-state index contributed by atoms with van der Waals surface area (Å²) in [4.78, 5) is 3.25. The third-order valence-corrected chi connectivity index (χ3v) is 3.36. The lowest BCUT2D eigenvalue weighted by molar-refractivity contribution is 0.370. The molecular formula is C8H9BrN2S. The van der Waals surface area contributed by atoms with Crippen LogP contribution in [0, 0.1) is 11.3 Å². The molecule has 0 saturated heterocycles. The van der Waals surface area contributed by atoms with Crippen LogP contribution in [0.5, 0.6) is 0 Å².